The number of aliphatic hydroxyl groups is 1. The topological polar surface area (TPSA) is 53.7 Å². The van der Waals surface area contributed by atoms with E-state index in [4.69, 9.17) is 4.42 Å². The molecule has 4 rings (SSSR count). The third kappa shape index (κ3) is 3.18. The van der Waals surface area contributed by atoms with Gasteiger partial charge in [-0.15, -0.1) is 0 Å². The van der Waals surface area contributed by atoms with E-state index in [1.54, 1.807) is 13.0 Å². The van der Waals surface area contributed by atoms with E-state index in [-0.39, 0.29) is 0 Å². The average molecular weight is 349 g/mol. The van der Waals surface area contributed by atoms with Crippen LogP contribution in [0.1, 0.15) is 37.2 Å². The molecule has 134 valence electrons. The molecule has 4 heteroatoms. The van der Waals surface area contributed by atoms with Gasteiger partial charge in [0, 0.05) is 17.5 Å². The van der Waals surface area contributed by atoms with Gasteiger partial charge in [-0.3, -0.25) is 4.90 Å². The molecule has 1 fully saturated rings. The van der Waals surface area contributed by atoms with Crippen molar-refractivity contribution in [1.29, 1.82) is 0 Å². The van der Waals surface area contributed by atoms with Gasteiger partial charge in [-0.1, -0.05) is 42.5 Å². The second-order valence-corrected chi connectivity index (χ2v) is 7.03. The second-order valence-electron chi connectivity index (χ2n) is 7.03. The SMILES string of the molecule is CC(O)c1oc(=O)c2ccccc2c1-c1ccc(CN2CCCC2)cc1. The second kappa shape index (κ2) is 7.06. The summed E-state index contributed by atoms with van der Waals surface area (Å²) in [4.78, 5) is 14.7. The maximum atomic E-state index is 12.3. The van der Waals surface area contributed by atoms with Crippen molar-refractivity contribution in [2.45, 2.75) is 32.4 Å². The average Bonchev–Trinajstić information content (AvgIpc) is 3.15. The van der Waals surface area contributed by atoms with Crippen LogP contribution in [-0.4, -0.2) is 23.1 Å². The Balaban J connectivity index is 1.79. The summed E-state index contributed by atoms with van der Waals surface area (Å²) in [6.07, 6.45) is 1.71. The first-order valence-corrected chi connectivity index (χ1v) is 9.19. The zero-order valence-electron chi connectivity index (χ0n) is 14.9. The quantitative estimate of drug-likeness (QED) is 0.770. The van der Waals surface area contributed by atoms with Crippen LogP contribution in [0.25, 0.3) is 21.9 Å². The summed E-state index contributed by atoms with van der Waals surface area (Å²) in [5.41, 5.74) is 2.61. The first kappa shape index (κ1) is 17.0. The van der Waals surface area contributed by atoms with E-state index in [0.717, 1.165) is 23.1 Å². The van der Waals surface area contributed by atoms with Gasteiger partial charge in [0.2, 0.25) is 0 Å². The third-order valence-corrected chi connectivity index (χ3v) is 5.09. The fraction of sp³-hybridized carbons (Fsp3) is 0.318. The Kier molecular flexibility index (Phi) is 4.62. The molecule has 2 heterocycles. The molecule has 1 aromatic heterocycles. The van der Waals surface area contributed by atoms with Gasteiger partial charge in [0.25, 0.3) is 0 Å². The molecule has 1 aliphatic rings. The standard InChI is InChI=1S/C22H23NO3/c1-15(24)21-20(18-6-2-3-7-19(18)22(25)26-21)17-10-8-16(9-11-17)14-23-12-4-5-13-23/h2-3,6-11,15,24H,4-5,12-14H2,1H3. The third-order valence-electron chi connectivity index (χ3n) is 5.09. The van der Waals surface area contributed by atoms with Gasteiger partial charge in [-0.2, -0.15) is 0 Å². The van der Waals surface area contributed by atoms with Crippen LogP contribution in [0, 0.1) is 0 Å². The normalized spacial score (nSPS) is 16.2. The largest absolute Gasteiger partial charge is 0.424 e. The van der Waals surface area contributed by atoms with Crippen molar-refractivity contribution in [3.05, 3.63) is 70.3 Å². The predicted molar refractivity (Wildman–Crippen MR) is 103 cm³/mol. The van der Waals surface area contributed by atoms with E-state index in [2.05, 4.69) is 29.2 Å². The Hall–Kier alpha value is -2.43. The fourth-order valence-corrected chi connectivity index (χ4v) is 3.79. The molecule has 0 bridgehead atoms. The van der Waals surface area contributed by atoms with Gasteiger partial charge >= 0.3 is 5.63 Å². The summed E-state index contributed by atoms with van der Waals surface area (Å²) in [5.74, 6) is 0.320. The van der Waals surface area contributed by atoms with E-state index in [1.165, 1.54) is 31.5 Å². The van der Waals surface area contributed by atoms with E-state index >= 15 is 0 Å². The van der Waals surface area contributed by atoms with Crippen molar-refractivity contribution < 1.29 is 9.52 Å². The van der Waals surface area contributed by atoms with Crippen molar-refractivity contribution >= 4 is 10.8 Å². The summed E-state index contributed by atoms with van der Waals surface area (Å²) in [5, 5.41) is 11.5. The summed E-state index contributed by atoms with van der Waals surface area (Å²) in [6.45, 7) is 4.93. The molecule has 1 N–H and O–H groups in total. The monoisotopic (exact) mass is 349 g/mol. The highest BCUT2D eigenvalue weighted by Gasteiger charge is 2.19. The Bertz CT molecular complexity index is 967. The molecule has 3 aromatic rings. The molecule has 2 aromatic carbocycles. The highest BCUT2D eigenvalue weighted by atomic mass is 16.4. The lowest BCUT2D eigenvalue weighted by Crippen LogP contribution is -2.18. The molecule has 1 unspecified atom stereocenters. The van der Waals surface area contributed by atoms with E-state index in [1.807, 2.05) is 18.2 Å². The van der Waals surface area contributed by atoms with Gasteiger partial charge in [0.05, 0.1) is 5.39 Å². The number of rotatable bonds is 4. The molecular formula is C22H23NO3. The number of fused-ring (bicyclic) bond motifs is 1. The highest BCUT2D eigenvalue weighted by Crippen LogP contribution is 2.34. The van der Waals surface area contributed by atoms with Crippen LogP contribution in [0.4, 0.5) is 0 Å². The summed E-state index contributed by atoms with van der Waals surface area (Å²) < 4.78 is 5.46. The smallest absolute Gasteiger partial charge is 0.343 e. The van der Waals surface area contributed by atoms with E-state index in [9.17, 15) is 9.90 Å². The van der Waals surface area contributed by atoms with E-state index in [0.29, 0.717) is 11.1 Å². The zero-order chi connectivity index (χ0) is 18.1. The minimum Gasteiger partial charge on any atom is -0.424 e. The summed E-state index contributed by atoms with van der Waals surface area (Å²) in [6, 6.07) is 15.8. The summed E-state index contributed by atoms with van der Waals surface area (Å²) >= 11 is 0. The van der Waals surface area contributed by atoms with Crippen LogP contribution in [-0.2, 0) is 6.54 Å². The van der Waals surface area contributed by atoms with Crippen molar-refractivity contribution in [2.75, 3.05) is 13.1 Å². The molecule has 0 saturated carbocycles. The van der Waals surface area contributed by atoms with Gasteiger partial charge in [-0.25, -0.2) is 4.79 Å². The lowest BCUT2D eigenvalue weighted by molar-refractivity contribution is 0.166. The minimum atomic E-state index is -0.855. The molecule has 0 radical (unpaired) electrons. The van der Waals surface area contributed by atoms with Gasteiger partial charge in [0.1, 0.15) is 11.9 Å². The molecule has 0 spiro atoms. The van der Waals surface area contributed by atoms with Gasteiger partial charge in [-0.05, 0) is 50.0 Å². The maximum Gasteiger partial charge on any atom is 0.343 e. The fourth-order valence-electron chi connectivity index (χ4n) is 3.79. The number of hydrogen-bond donors (Lipinski definition) is 1. The van der Waals surface area contributed by atoms with Gasteiger partial charge < -0.3 is 9.52 Å². The highest BCUT2D eigenvalue weighted by molar-refractivity contribution is 5.96. The van der Waals surface area contributed by atoms with Crippen LogP contribution in [0.5, 0.6) is 0 Å². The van der Waals surface area contributed by atoms with E-state index < -0.39 is 11.7 Å². The maximum absolute atomic E-state index is 12.3. The van der Waals surface area contributed by atoms with Crippen LogP contribution in [0.3, 0.4) is 0 Å². The molecular weight excluding hydrogens is 326 g/mol. The predicted octanol–water partition coefficient (Wildman–Crippen LogP) is 4.11. The number of hydrogen-bond acceptors (Lipinski definition) is 4. The molecule has 0 aliphatic carbocycles. The zero-order valence-corrected chi connectivity index (χ0v) is 14.9. The Morgan fingerprint density at radius 2 is 1.69 bits per heavy atom. The summed E-state index contributed by atoms with van der Waals surface area (Å²) in [7, 11) is 0. The van der Waals surface area contributed by atoms with Gasteiger partial charge in [0.15, 0.2) is 0 Å². The van der Waals surface area contributed by atoms with Crippen molar-refractivity contribution in [1.82, 2.24) is 4.90 Å². The minimum absolute atomic E-state index is 0.320. The van der Waals surface area contributed by atoms with Crippen LogP contribution < -0.4 is 5.63 Å². The molecule has 0 amide bonds. The lowest BCUT2D eigenvalue weighted by Gasteiger charge is -2.16. The molecule has 1 atom stereocenters. The first-order chi connectivity index (χ1) is 12.6. The van der Waals surface area contributed by atoms with Crippen LogP contribution >= 0.6 is 0 Å². The molecule has 26 heavy (non-hydrogen) atoms. The first-order valence-electron chi connectivity index (χ1n) is 9.19. The number of likely N-dealkylation sites (tertiary alicyclic amines) is 1. The Morgan fingerprint density at radius 1 is 1.04 bits per heavy atom. The number of aliphatic hydroxyl groups excluding tert-OH is 1. The van der Waals surface area contributed by atoms with Crippen LogP contribution in [0.15, 0.2) is 57.7 Å². The Labute approximate surface area is 152 Å². The lowest BCUT2D eigenvalue weighted by atomic mass is 9.96. The van der Waals surface area contributed by atoms with Crippen molar-refractivity contribution in [3.63, 3.8) is 0 Å². The molecule has 4 nitrogen and oxygen atoms in total. The Morgan fingerprint density at radius 3 is 2.35 bits per heavy atom. The molecule has 1 aliphatic heterocycles. The van der Waals surface area contributed by atoms with Crippen LogP contribution in [0.2, 0.25) is 0 Å². The molecule has 1 saturated heterocycles. The van der Waals surface area contributed by atoms with Crippen molar-refractivity contribution in [3.8, 4) is 11.1 Å². The van der Waals surface area contributed by atoms with Crippen molar-refractivity contribution in [2.24, 2.45) is 0 Å². The number of benzene rings is 2. The number of nitrogens with zero attached hydrogens (tertiary/aromatic N) is 1.